The van der Waals surface area contributed by atoms with Crippen molar-refractivity contribution in [1.29, 1.82) is 0 Å². The molecular weight excluding hydrogens is 358 g/mol. The minimum Gasteiger partial charge on any atom is -0.336 e. The van der Waals surface area contributed by atoms with Gasteiger partial charge in [-0.25, -0.2) is 0 Å². The highest BCUT2D eigenvalue weighted by Gasteiger charge is 2.24. The molecular formula is C14H17Br2NO. The van der Waals surface area contributed by atoms with Crippen LogP contribution < -0.4 is 0 Å². The monoisotopic (exact) mass is 373 g/mol. The first-order valence-electron chi connectivity index (χ1n) is 6.35. The number of rotatable bonds is 1. The highest BCUT2D eigenvalue weighted by Crippen LogP contribution is 2.25. The Balaban J connectivity index is 2.23. The quantitative estimate of drug-likeness (QED) is 0.702. The van der Waals surface area contributed by atoms with Crippen LogP contribution in [-0.2, 0) is 0 Å². The Morgan fingerprint density at radius 2 is 2.06 bits per heavy atom. The number of hydrogen-bond donors (Lipinski definition) is 0. The SMILES string of the molecule is CC1CCCCCN1C(=O)c1ccc(Br)cc1Br. The predicted molar refractivity (Wildman–Crippen MR) is 80.8 cm³/mol. The minimum absolute atomic E-state index is 0.142. The first-order valence-corrected chi connectivity index (χ1v) is 7.94. The van der Waals surface area contributed by atoms with E-state index in [0.717, 1.165) is 33.9 Å². The van der Waals surface area contributed by atoms with Gasteiger partial charge in [-0.05, 0) is 53.9 Å². The van der Waals surface area contributed by atoms with Gasteiger partial charge in [0.25, 0.3) is 5.91 Å². The van der Waals surface area contributed by atoms with E-state index in [9.17, 15) is 4.79 Å². The second kappa shape index (κ2) is 6.20. The third kappa shape index (κ3) is 3.15. The lowest BCUT2D eigenvalue weighted by atomic mass is 10.1. The van der Waals surface area contributed by atoms with Crippen LogP contribution in [0.1, 0.15) is 43.0 Å². The van der Waals surface area contributed by atoms with Crippen LogP contribution >= 0.6 is 31.9 Å². The summed E-state index contributed by atoms with van der Waals surface area (Å²) in [4.78, 5) is 14.6. The van der Waals surface area contributed by atoms with E-state index < -0.39 is 0 Å². The van der Waals surface area contributed by atoms with Gasteiger partial charge in [-0.15, -0.1) is 0 Å². The van der Waals surface area contributed by atoms with Crippen LogP contribution in [0.3, 0.4) is 0 Å². The molecule has 18 heavy (non-hydrogen) atoms. The van der Waals surface area contributed by atoms with Gasteiger partial charge in [0.05, 0.1) is 5.56 Å². The summed E-state index contributed by atoms with van der Waals surface area (Å²) in [5.74, 6) is 0.142. The van der Waals surface area contributed by atoms with Gasteiger partial charge >= 0.3 is 0 Å². The van der Waals surface area contributed by atoms with Gasteiger partial charge in [-0.3, -0.25) is 4.79 Å². The van der Waals surface area contributed by atoms with Crippen molar-refractivity contribution in [2.24, 2.45) is 0 Å². The molecule has 0 saturated carbocycles. The summed E-state index contributed by atoms with van der Waals surface area (Å²) in [5, 5.41) is 0. The van der Waals surface area contributed by atoms with Crippen molar-refractivity contribution in [1.82, 2.24) is 4.90 Å². The molecule has 0 radical (unpaired) electrons. The van der Waals surface area contributed by atoms with E-state index in [0.29, 0.717) is 6.04 Å². The molecule has 0 N–H and O–H groups in total. The Bertz CT molecular complexity index is 447. The topological polar surface area (TPSA) is 20.3 Å². The van der Waals surface area contributed by atoms with Crippen molar-refractivity contribution in [2.75, 3.05) is 6.54 Å². The average Bonchev–Trinajstić information content (AvgIpc) is 2.53. The number of carbonyl (C=O) groups excluding carboxylic acids is 1. The molecule has 1 heterocycles. The minimum atomic E-state index is 0.142. The maximum Gasteiger partial charge on any atom is 0.255 e. The van der Waals surface area contributed by atoms with Crippen molar-refractivity contribution < 1.29 is 4.79 Å². The number of hydrogen-bond acceptors (Lipinski definition) is 1. The van der Waals surface area contributed by atoms with E-state index in [1.807, 2.05) is 23.1 Å². The molecule has 2 rings (SSSR count). The summed E-state index contributed by atoms with van der Waals surface area (Å²) in [7, 11) is 0. The van der Waals surface area contributed by atoms with Gasteiger partial charge < -0.3 is 4.90 Å². The van der Waals surface area contributed by atoms with Crippen LogP contribution in [-0.4, -0.2) is 23.4 Å². The van der Waals surface area contributed by atoms with Gasteiger partial charge in [-0.1, -0.05) is 28.8 Å². The maximum atomic E-state index is 12.6. The molecule has 0 aromatic heterocycles. The average molecular weight is 375 g/mol. The molecule has 98 valence electrons. The lowest BCUT2D eigenvalue weighted by Gasteiger charge is -2.27. The summed E-state index contributed by atoms with van der Waals surface area (Å²) in [6, 6.07) is 6.07. The Hall–Kier alpha value is -0.350. The van der Waals surface area contributed by atoms with Crippen LogP contribution in [0, 0.1) is 0 Å². The van der Waals surface area contributed by atoms with Crippen molar-refractivity contribution >= 4 is 37.8 Å². The zero-order valence-electron chi connectivity index (χ0n) is 10.5. The molecule has 1 aromatic rings. The molecule has 1 saturated heterocycles. The Morgan fingerprint density at radius 3 is 2.78 bits per heavy atom. The molecule has 1 aromatic carbocycles. The fourth-order valence-electron chi connectivity index (χ4n) is 2.39. The number of nitrogens with zero attached hydrogens (tertiary/aromatic N) is 1. The largest absolute Gasteiger partial charge is 0.336 e. The summed E-state index contributed by atoms with van der Waals surface area (Å²) >= 11 is 6.89. The number of likely N-dealkylation sites (tertiary alicyclic amines) is 1. The van der Waals surface area contributed by atoms with Crippen molar-refractivity contribution in [2.45, 2.75) is 38.6 Å². The number of amides is 1. The number of benzene rings is 1. The molecule has 0 bridgehead atoms. The van der Waals surface area contributed by atoms with Crippen LogP contribution in [0.15, 0.2) is 27.1 Å². The van der Waals surface area contributed by atoms with Gasteiger partial charge in [-0.2, -0.15) is 0 Å². The molecule has 0 spiro atoms. The second-order valence-corrected chi connectivity index (χ2v) is 6.59. The molecule has 1 aliphatic rings. The number of halogens is 2. The summed E-state index contributed by atoms with van der Waals surface area (Å²) in [6.45, 7) is 3.03. The summed E-state index contributed by atoms with van der Waals surface area (Å²) in [6.07, 6.45) is 4.69. The van der Waals surface area contributed by atoms with E-state index in [1.165, 1.54) is 12.8 Å². The molecule has 2 nitrogen and oxygen atoms in total. The summed E-state index contributed by atoms with van der Waals surface area (Å²) < 4.78 is 1.84. The van der Waals surface area contributed by atoms with Crippen LogP contribution in [0.2, 0.25) is 0 Å². The lowest BCUT2D eigenvalue weighted by molar-refractivity contribution is 0.0697. The van der Waals surface area contributed by atoms with E-state index in [2.05, 4.69) is 38.8 Å². The molecule has 1 amide bonds. The highest BCUT2D eigenvalue weighted by molar-refractivity contribution is 9.11. The maximum absolute atomic E-state index is 12.6. The van der Waals surface area contributed by atoms with Crippen LogP contribution in [0.5, 0.6) is 0 Å². The lowest BCUT2D eigenvalue weighted by Crippen LogP contribution is -2.38. The van der Waals surface area contributed by atoms with E-state index in [1.54, 1.807) is 0 Å². The third-order valence-electron chi connectivity index (χ3n) is 3.48. The van der Waals surface area contributed by atoms with E-state index >= 15 is 0 Å². The zero-order chi connectivity index (χ0) is 13.1. The van der Waals surface area contributed by atoms with Crippen LogP contribution in [0.25, 0.3) is 0 Å². The fourth-order valence-corrected chi connectivity index (χ4v) is 3.61. The first kappa shape index (κ1) is 14.1. The molecule has 1 fully saturated rings. The summed E-state index contributed by atoms with van der Waals surface area (Å²) in [5.41, 5.74) is 0.756. The molecule has 1 unspecified atom stereocenters. The third-order valence-corrected chi connectivity index (χ3v) is 4.62. The molecule has 1 aliphatic heterocycles. The first-order chi connectivity index (χ1) is 8.59. The van der Waals surface area contributed by atoms with Gasteiger partial charge in [0.1, 0.15) is 0 Å². The van der Waals surface area contributed by atoms with Crippen molar-refractivity contribution in [3.8, 4) is 0 Å². The van der Waals surface area contributed by atoms with Gasteiger partial charge in [0, 0.05) is 21.5 Å². The molecule has 0 aliphatic carbocycles. The van der Waals surface area contributed by atoms with Gasteiger partial charge in [0.15, 0.2) is 0 Å². The normalized spacial score (nSPS) is 20.6. The Labute approximate surface area is 125 Å². The van der Waals surface area contributed by atoms with Gasteiger partial charge in [0.2, 0.25) is 0 Å². The zero-order valence-corrected chi connectivity index (χ0v) is 13.6. The fraction of sp³-hybridized carbons (Fsp3) is 0.500. The number of carbonyl (C=O) groups is 1. The molecule has 4 heteroatoms. The molecule has 1 atom stereocenters. The highest BCUT2D eigenvalue weighted by atomic mass is 79.9. The van der Waals surface area contributed by atoms with E-state index in [-0.39, 0.29) is 5.91 Å². The second-order valence-electron chi connectivity index (χ2n) is 4.82. The predicted octanol–water partition coefficient (Wildman–Crippen LogP) is 4.62. The van der Waals surface area contributed by atoms with E-state index in [4.69, 9.17) is 0 Å². The smallest absolute Gasteiger partial charge is 0.255 e. The Morgan fingerprint density at radius 1 is 1.28 bits per heavy atom. The van der Waals surface area contributed by atoms with Crippen molar-refractivity contribution in [3.63, 3.8) is 0 Å². The Kier molecular flexibility index (Phi) is 4.84. The van der Waals surface area contributed by atoms with Crippen molar-refractivity contribution in [3.05, 3.63) is 32.7 Å². The standard InChI is InChI=1S/C14H17Br2NO/c1-10-5-3-2-4-8-17(10)14(18)12-7-6-11(15)9-13(12)16/h6-7,9-10H,2-5,8H2,1H3. The van der Waals surface area contributed by atoms with Crippen LogP contribution in [0.4, 0.5) is 0 Å².